The highest BCUT2D eigenvalue weighted by atomic mass is 28.3. The Morgan fingerprint density at radius 3 is 2.10 bits per heavy atom. The van der Waals surface area contributed by atoms with Gasteiger partial charge in [-0.25, -0.2) is 0 Å². The first-order valence-corrected chi connectivity index (χ1v) is 13.0. The molecule has 1 fully saturated rings. The van der Waals surface area contributed by atoms with Crippen molar-refractivity contribution in [2.24, 2.45) is 5.92 Å². The molecule has 20 heavy (non-hydrogen) atoms. The summed E-state index contributed by atoms with van der Waals surface area (Å²) in [6.45, 7) is 7.46. The summed E-state index contributed by atoms with van der Waals surface area (Å²) in [6.07, 6.45) is 17.5. The lowest BCUT2D eigenvalue weighted by Crippen LogP contribution is -2.60. The van der Waals surface area contributed by atoms with E-state index in [4.69, 9.17) is 0 Å². The molecule has 0 aliphatic heterocycles. The van der Waals surface area contributed by atoms with E-state index in [0.717, 1.165) is 12.0 Å². The van der Waals surface area contributed by atoms with Gasteiger partial charge in [-0.1, -0.05) is 77.1 Å². The molecule has 1 atom stereocenters. The number of quaternary nitrogens is 1. The third-order valence-electron chi connectivity index (χ3n) is 4.99. The molecular weight excluding hydrogens is 258 g/mol. The maximum Gasteiger partial charge on any atom is 0.0843 e. The SMILES string of the molecule is C[Si](C)(C)CCCCC([NH3+])CCCCC1CCCCC1. The highest BCUT2D eigenvalue weighted by Crippen LogP contribution is 2.28. The lowest BCUT2D eigenvalue weighted by molar-refractivity contribution is -0.423. The van der Waals surface area contributed by atoms with Crippen molar-refractivity contribution < 1.29 is 5.73 Å². The lowest BCUT2D eigenvalue weighted by atomic mass is 9.85. The van der Waals surface area contributed by atoms with Gasteiger partial charge in [0.2, 0.25) is 0 Å². The van der Waals surface area contributed by atoms with E-state index in [0.29, 0.717) is 0 Å². The smallest absolute Gasteiger partial charge is 0.0843 e. The summed E-state index contributed by atoms with van der Waals surface area (Å²) in [5, 5.41) is 0. The summed E-state index contributed by atoms with van der Waals surface area (Å²) < 4.78 is 0. The van der Waals surface area contributed by atoms with Crippen LogP contribution in [0.5, 0.6) is 0 Å². The zero-order chi connectivity index (χ0) is 14.8. The van der Waals surface area contributed by atoms with Gasteiger partial charge < -0.3 is 5.73 Å². The maximum atomic E-state index is 4.37. The minimum Gasteiger partial charge on any atom is -0.355 e. The van der Waals surface area contributed by atoms with E-state index >= 15 is 0 Å². The lowest BCUT2D eigenvalue weighted by Gasteiger charge is -2.21. The minimum atomic E-state index is -0.800. The third-order valence-corrected chi connectivity index (χ3v) is 6.84. The average molecular weight is 299 g/mol. The molecule has 0 aromatic carbocycles. The molecule has 1 nitrogen and oxygen atoms in total. The predicted molar refractivity (Wildman–Crippen MR) is 93.7 cm³/mol. The number of hydrogen-bond donors (Lipinski definition) is 1. The van der Waals surface area contributed by atoms with Gasteiger partial charge in [-0.2, -0.15) is 0 Å². The van der Waals surface area contributed by atoms with Crippen LogP contribution in [0.3, 0.4) is 0 Å². The molecule has 1 aliphatic carbocycles. The minimum absolute atomic E-state index is 0.725. The predicted octanol–water partition coefficient (Wildman–Crippen LogP) is 5.25. The fraction of sp³-hybridized carbons (Fsp3) is 1.00. The molecule has 0 radical (unpaired) electrons. The molecule has 0 aromatic rings. The standard InChI is InChI=1S/C18H39NSi/c1-20(2,3)16-10-9-15-18(19)14-8-7-13-17-11-5-4-6-12-17/h17-18H,4-16,19H2,1-3H3/p+1. The Bertz CT molecular complexity index is 228. The van der Waals surface area contributed by atoms with Crippen LogP contribution in [0.1, 0.15) is 77.0 Å². The van der Waals surface area contributed by atoms with Gasteiger partial charge in [-0.05, 0) is 31.6 Å². The van der Waals surface area contributed by atoms with Crippen molar-refractivity contribution in [3.8, 4) is 0 Å². The van der Waals surface area contributed by atoms with E-state index in [2.05, 4.69) is 25.4 Å². The van der Waals surface area contributed by atoms with E-state index in [1.165, 1.54) is 83.1 Å². The Balaban J connectivity index is 1.90. The molecule has 0 bridgehead atoms. The van der Waals surface area contributed by atoms with Gasteiger partial charge in [0.05, 0.1) is 6.04 Å². The van der Waals surface area contributed by atoms with Gasteiger partial charge in [0.25, 0.3) is 0 Å². The molecule has 0 amide bonds. The summed E-state index contributed by atoms with van der Waals surface area (Å²) >= 11 is 0. The molecule has 1 rings (SSSR count). The summed E-state index contributed by atoms with van der Waals surface area (Å²) in [5.41, 5.74) is 4.37. The van der Waals surface area contributed by atoms with Crippen LogP contribution < -0.4 is 5.73 Å². The molecule has 0 heterocycles. The Hall–Kier alpha value is 0.177. The zero-order valence-corrected chi connectivity index (χ0v) is 15.6. The van der Waals surface area contributed by atoms with Crippen LogP contribution in [0.15, 0.2) is 0 Å². The summed E-state index contributed by atoms with van der Waals surface area (Å²) in [5.74, 6) is 1.07. The van der Waals surface area contributed by atoms with Crippen LogP contribution in [0.25, 0.3) is 0 Å². The molecular formula is C18H40NSi+. The second kappa shape index (κ2) is 10.00. The maximum absolute atomic E-state index is 4.37. The van der Waals surface area contributed by atoms with Gasteiger partial charge in [0.1, 0.15) is 0 Å². The molecule has 120 valence electrons. The first-order valence-electron chi connectivity index (χ1n) is 9.30. The first kappa shape index (κ1) is 18.2. The van der Waals surface area contributed by atoms with Gasteiger partial charge in [-0.3, -0.25) is 0 Å². The van der Waals surface area contributed by atoms with Gasteiger partial charge in [0, 0.05) is 8.07 Å². The second-order valence-corrected chi connectivity index (χ2v) is 14.1. The molecule has 1 aliphatic rings. The molecule has 0 saturated heterocycles. The second-order valence-electron chi connectivity index (χ2n) is 8.46. The van der Waals surface area contributed by atoms with Crippen molar-refractivity contribution in [2.45, 2.75) is 109 Å². The summed E-state index contributed by atoms with van der Waals surface area (Å²) in [7, 11) is -0.800. The Kier molecular flexibility index (Phi) is 9.11. The number of rotatable bonds is 10. The van der Waals surface area contributed by atoms with E-state index in [1.54, 1.807) is 0 Å². The fourth-order valence-corrected chi connectivity index (χ4v) is 4.89. The van der Waals surface area contributed by atoms with Crippen LogP contribution in [0.2, 0.25) is 25.7 Å². The Labute approximate surface area is 129 Å². The third kappa shape index (κ3) is 9.98. The van der Waals surface area contributed by atoms with Crippen molar-refractivity contribution in [3.05, 3.63) is 0 Å². The number of unbranched alkanes of at least 4 members (excludes halogenated alkanes) is 2. The van der Waals surface area contributed by atoms with E-state index in [-0.39, 0.29) is 0 Å². The Morgan fingerprint density at radius 1 is 0.900 bits per heavy atom. The molecule has 1 saturated carbocycles. The van der Waals surface area contributed by atoms with Gasteiger partial charge >= 0.3 is 0 Å². The van der Waals surface area contributed by atoms with Crippen molar-refractivity contribution in [3.63, 3.8) is 0 Å². The van der Waals surface area contributed by atoms with Crippen LogP contribution in [0, 0.1) is 5.92 Å². The van der Waals surface area contributed by atoms with Crippen LogP contribution in [0.4, 0.5) is 0 Å². The quantitative estimate of drug-likeness (QED) is 0.421. The van der Waals surface area contributed by atoms with Gasteiger partial charge in [0.15, 0.2) is 0 Å². The van der Waals surface area contributed by atoms with Crippen LogP contribution in [-0.4, -0.2) is 14.1 Å². The van der Waals surface area contributed by atoms with Crippen molar-refractivity contribution in [2.75, 3.05) is 0 Å². The van der Waals surface area contributed by atoms with Crippen LogP contribution >= 0.6 is 0 Å². The van der Waals surface area contributed by atoms with Crippen molar-refractivity contribution in [1.82, 2.24) is 0 Å². The van der Waals surface area contributed by atoms with Gasteiger partial charge in [-0.15, -0.1) is 0 Å². The Morgan fingerprint density at radius 2 is 1.50 bits per heavy atom. The molecule has 1 unspecified atom stereocenters. The first-order chi connectivity index (χ1) is 9.47. The molecule has 0 aromatic heterocycles. The normalized spacial score (nSPS) is 19.2. The summed E-state index contributed by atoms with van der Waals surface area (Å²) in [4.78, 5) is 0. The highest BCUT2D eigenvalue weighted by molar-refractivity contribution is 6.76. The average Bonchev–Trinajstić information content (AvgIpc) is 2.40. The molecule has 3 N–H and O–H groups in total. The largest absolute Gasteiger partial charge is 0.355 e. The van der Waals surface area contributed by atoms with E-state index in [1.807, 2.05) is 0 Å². The zero-order valence-electron chi connectivity index (χ0n) is 14.6. The number of hydrogen-bond acceptors (Lipinski definition) is 0. The summed E-state index contributed by atoms with van der Waals surface area (Å²) in [6, 6.07) is 2.23. The van der Waals surface area contributed by atoms with E-state index in [9.17, 15) is 0 Å². The topological polar surface area (TPSA) is 27.6 Å². The van der Waals surface area contributed by atoms with Crippen molar-refractivity contribution in [1.29, 1.82) is 0 Å². The van der Waals surface area contributed by atoms with Crippen LogP contribution in [-0.2, 0) is 0 Å². The monoisotopic (exact) mass is 298 g/mol. The fourth-order valence-electron chi connectivity index (χ4n) is 3.57. The van der Waals surface area contributed by atoms with Crippen molar-refractivity contribution >= 4 is 8.07 Å². The molecule has 2 heteroatoms. The highest BCUT2D eigenvalue weighted by Gasteiger charge is 2.14. The van der Waals surface area contributed by atoms with E-state index < -0.39 is 8.07 Å². The molecule has 0 spiro atoms.